The predicted octanol–water partition coefficient (Wildman–Crippen LogP) is 4.89. The summed E-state index contributed by atoms with van der Waals surface area (Å²) in [6, 6.07) is 20.7. The van der Waals surface area contributed by atoms with Crippen LogP contribution in [0.2, 0.25) is 0 Å². The van der Waals surface area contributed by atoms with Crippen molar-refractivity contribution < 1.29 is 27.5 Å². The second-order valence-corrected chi connectivity index (χ2v) is 13.2. The molecule has 0 bridgehead atoms. The van der Waals surface area contributed by atoms with Gasteiger partial charge in [-0.3, -0.25) is 13.9 Å². The zero-order chi connectivity index (χ0) is 30.3. The van der Waals surface area contributed by atoms with E-state index in [1.54, 1.807) is 18.2 Å². The Bertz CT molecular complexity index is 1480. The molecule has 3 aromatic rings. The molecule has 11 heteroatoms. The number of rotatable bonds is 13. The molecule has 0 saturated heterocycles. The molecule has 2 unspecified atom stereocenters. The quantitative estimate of drug-likeness (QED) is 0.281. The smallest absolute Gasteiger partial charge is 0.244 e. The van der Waals surface area contributed by atoms with Crippen LogP contribution in [0.3, 0.4) is 0 Å². The van der Waals surface area contributed by atoms with Crippen LogP contribution in [0, 0.1) is 0 Å². The molecule has 0 saturated carbocycles. The highest BCUT2D eigenvalue weighted by atomic mass is 79.9. The Balaban J connectivity index is 1.74. The number of benzene rings is 3. The molecule has 1 aliphatic heterocycles. The summed E-state index contributed by atoms with van der Waals surface area (Å²) in [6.45, 7) is 5.06. The average molecular weight is 659 g/mol. The van der Waals surface area contributed by atoms with E-state index in [9.17, 15) is 18.0 Å². The van der Waals surface area contributed by atoms with Crippen LogP contribution in [-0.4, -0.2) is 56.3 Å². The minimum atomic E-state index is -3.88. The summed E-state index contributed by atoms with van der Waals surface area (Å²) in [5, 5.41) is 3.03. The van der Waals surface area contributed by atoms with E-state index in [-0.39, 0.29) is 43.1 Å². The van der Waals surface area contributed by atoms with Crippen LogP contribution >= 0.6 is 15.9 Å². The lowest BCUT2D eigenvalue weighted by Crippen LogP contribution is -2.54. The number of hydrogen-bond donors (Lipinski definition) is 1. The zero-order valence-electron chi connectivity index (χ0n) is 24.0. The number of sulfonamides is 1. The monoisotopic (exact) mass is 657 g/mol. The second kappa shape index (κ2) is 14.1. The van der Waals surface area contributed by atoms with Gasteiger partial charge < -0.3 is 19.7 Å². The SMILES string of the molecule is CCC(C)NC(=O)C(Cc1ccccc1)N(Cc1ccc(Br)cc1)C(=O)CN(c1ccc2c(c1)OCO2)S(=O)(=O)CC. The van der Waals surface area contributed by atoms with Gasteiger partial charge in [0.15, 0.2) is 11.5 Å². The summed E-state index contributed by atoms with van der Waals surface area (Å²) >= 11 is 3.44. The fourth-order valence-electron chi connectivity index (χ4n) is 4.54. The largest absolute Gasteiger partial charge is 0.454 e. The Morgan fingerprint density at radius 1 is 0.952 bits per heavy atom. The Labute approximate surface area is 256 Å². The van der Waals surface area contributed by atoms with Gasteiger partial charge in [-0.2, -0.15) is 0 Å². The molecule has 0 aliphatic carbocycles. The van der Waals surface area contributed by atoms with E-state index in [1.165, 1.54) is 11.8 Å². The Morgan fingerprint density at radius 3 is 2.31 bits per heavy atom. The van der Waals surface area contributed by atoms with Gasteiger partial charge in [0.2, 0.25) is 28.6 Å². The van der Waals surface area contributed by atoms with E-state index in [0.717, 1.165) is 26.3 Å². The number of hydrogen-bond acceptors (Lipinski definition) is 6. The number of fused-ring (bicyclic) bond motifs is 1. The van der Waals surface area contributed by atoms with Crippen molar-refractivity contribution in [2.75, 3.05) is 23.4 Å². The molecule has 0 fully saturated rings. The first-order chi connectivity index (χ1) is 20.1. The van der Waals surface area contributed by atoms with Crippen molar-refractivity contribution in [1.29, 1.82) is 0 Å². The van der Waals surface area contributed by atoms with E-state index in [2.05, 4.69) is 21.2 Å². The minimum Gasteiger partial charge on any atom is -0.454 e. The van der Waals surface area contributed by atoms with Crippen molar-refractivity contribution in [3.63, 3.8) is 0 Å². The van der Waals surface area contributed by atoms with E-state index >= 15 is 0 Å². The van der Waals surface area contributed by atoms with E-state index in [4.69, 9.17) is 9.47 Å². The van der Waals surface area contributed by atoms with Crippen LogP contribution in [0.4, 0.5) is 5.69 Å². The number of amides is 2. The molecule has 0 aromatic heterocycles. The number of anilines is 1. The molecule has 42 heavy (non-hydrogen) atoms. The maximum atomic E-state index is 14.3. The molecule has 1 aliphatic rings. The van der Waals surface area contributed by atoms with Gasteiger partial charge in [0.1, 0.15) is 12.6 Å². The molecule has 3 aromatic carbocycles. The van der Waals surface area contributed by atoms with Gasteiger partial charge >= 0.3 is 0 Å². The predicted molar refractivity (Wildman–Crippen MR) is 166 cm³/mol. The van der Waals surface area contributed by atoms with Crippen molar-refractivity contribution in [2.45, 2.75) is 52.2 Å². The molecule has 0 spiro atoms. The second-order valence-electron chi connectivity index (χ2n) is 10.1. The van der Waals surface area contributed by atoms with Gasteiger partial charge in [0.05, 0.1) is 11.4 Å². The molecule has 2 amide bonds. The van der Waals surface area contributed by atoms with Gasteiger partial charge in [-0.15, -0.1) is 0 Å². The third kappa shape index (κ3) is 7.83. The van der Waals surface area contributed by atoms with Crippen molar-refractivity contribution in [2.24, 2.45) is 0 Å². The Morgan fingerprint density at radius 2 is 1.64 bits per heavy atom. The van der Waals surface area contributed by atoms with Crippen LogP contribution in [0.25, 0.3) is 0 Å². The normalized spacial score (nSPS) is 13.7. The number of nitrogens with zero attached hydrogens (tertiary/aromatic N) is 2. The van der Waals surface area contributed by atoms with E-state index in [0.29, 0.717) is 11.5 Å². The lowest BCUT2D eigenvalue weighted by molar-refractivity contribution is -0.140. The fourth-order valence-corrected chi connectivity index (χ4v) is 5.86. The zero-order valence-corrected chi connectivity index (χ0v) is 26.4. The molecule has 1 N–H and O–H groups in total. The van der Waals surface area contributed by atoms with Crippen LogP contribution in [-0.2, 0) is 32.6 Å². The van der Waals surface area contributed by atoms with E-state index < -0.39 is 28.5 Å². The summed E-state index contributed by atoms with van der Waals surface area (Å²) in [6.07, 6.45) is 0.979. The third-order valence-electron chi connectivity index (χ3n) is 7.16. The molecular weight excluding hydrogens is 622 g/mol. The molecule has 224 valence electrons. The highest BCUT2D eigenvalue weighted by Gasteiger charge is 2.34. The molecule has 2 atom stereocenters. The first-order valence-corrected chi connectivity index (χ1v) is 16.3. The number of nitrogens with one attached hydrogen (secondary N) is 1. The van der Waals surface area contributed by atoms with Gasteiger partial charge in [-0.05, 0) is 55.7 Å². The van der Waals surface area contributed by atoms with Crippen LogP contribution in [0.15, 0.2) is 77.3 Å². The summed E-state index contributed by atoms with van der Waals surface area (Å²) in [4.78, 5) is 29.5. The highest BCUT2D eigenvalue weighted by molar-refractivity contribution is 9.10. The summed E-state index contributed by atoms with van der Waals surface area (Å²) in [5.74, 6) is -0.124. The number of carbonyl (C=O) groups is 2. The van der Waals surface area contributed by atoms with Crippen LogP contribution < -0.4 is 19.1 Å². The van der Waals surface area contributed by atoms with Gasteiger partial charge in [0, 0.05) is 29.5 Å². The summed E-state index contributed by atoms with van der Waals surface area (Å²) < 4.78 is 39.5. The number of halogens is 1. The number of ether oxygens (including phenoxy) is 2. The lowest BCUT2D eigenvalue weighted by atomic mass is 10.0. The topological polar surface area (TPSA) is 105 Å². The maximum absolute atomic E-state index is 14.3. The highest BCUT2D eigenvalue weighted by Crippen LogP contribution is 2.36. The Kier molecular flexibility index (Phi) is 10.5. The summed E-state index contributed by atoms with van der Waals surface area (Å²) in [7, 11) is -3.88. The molecular formula is C31H36BrN3O6S. The van der Waals surface area contributed by atoms with Crippen molar-refractivity contribution in [3.8, 4) is 11.5 Å². The molecule has 0 radical (unpaired) electrons. The number of carbonyl (C=O) groups excluding carboxylic acids is 2. The van der Waals surface area contributed by atoms with Gasteiger partial charge in [-0.25, -0.2) is 8.42 Å². The van der Waals surface area contributed by atoms with E-state index in [1.807, 2.05) is 68.4 Å². The maximum Gasteiger partial charge on any atom is 0.244 e. The van der Waals surface area contributed by atoms with Crippen LogP contribution in [0.1, 0.15) is 38.3 Å². The van der Waals surface area contributed by atoms with Crippen molar-refractivity contribution >= 4 is 43.5 Å². The summed E-state index contributed by atoms with van der Waals surface area (Å²) in [5.41, 5.74) is 1.96. The van der Waals surface area contributed by atoms with Crippen molar-refractivity contribution in [1.82, 2.24) is 10.2 Å². The third-order valence-corrected chi connectivity index (χ3v) is 9.43. The van der Waals surface area contributed by atoms with Crippen LogP contribution in [0.5, 0.6) is 11.5 Å². The standard InChI is InChI=1S/C31H36BrN3O6S/c1-4-22(3)33-31(37)27(17-23-9-7-6-8-10-23)34(19-24-11-13-25(32)14-12-24)30(36)20-35(42(38,39)5-2)26-15-16-28-29(18-26)41-21-40-28/h6-16,18,22,27H,4-5,17,19-21H2,1-3H3,(H,33,37). The average Bonchev–Trinajstić information content (AvgIpc) is 3.47. The first kappa shape index (κ1) is 31.4. The van der Waals surface area contributed by atoms with Gasteiger partial charge in [0.25, 0.3) is 0 Å². The Hall–Kier alpha value is -3.57. The first-order valence-electron chi connectivity index (χ1n) is 13.9. The molecule has 9 nitrogen and oxygen atoms in total. The van der Waals surface area contributed by atoms with Crippen molar-refractivity contribution in [3.05, 3.63) is 88.4 Å². The fraction of sp³-hybridized carbons (Fsp3) is 0.355. The minimum absolute atomic E-state index is 0.0334. The molecule has 1 heterocycles. The van der Waals surface area contributed by atoms with Gasteiger partial charge in [-0.1, -0.05) is 65.3 Å². The molecule has 4 rings (SSSR count). The lowest BCUT2D eigenvalue weighted by Gasteiger charge is -2.34.